The molecule has 1 saturated heterocycles. The highest BCUT2D eigenvalue weighted by Gasteiger charge is 2.42. The first kappa shape index (κ1) is 23.7. The molecule has 3 amide bonds. The van der Waals surface area contributed by atoms with Gasteiger partial charge >= 0.3 is 5.97 Å². The molecular weight excluding hydrogens is 462 g/mol. The number of hydrogen-bond acceptors (Lipinski definition) is 7. The van der Waals surface area contributed by atoms with Crippen LogP contribution in [0, 0.1) is 0 Å². The van der Waals surface area contributed by atoms with E-state index in [1.165, 1.54) is 23.1 Å². The smallest absolute Gasteiger partial charge is 0.338 e. The minimum Gasteiger partial charge on any atom is -0.593 e. The average molecular weight is 486 g/mol. The number of piperidine rings is 1. The number of fused-ring (bicyclic) bond motifs is 1. The molecule has 2 N–H and O–H groups in total. The van der Waals surface area contributed by atoms with Gasteiger partial charge in [-0.3, -0.25) is 19.7 Å². The van der Waals surface area contributed by atoms with Gasteiger partial charge in [0.15, 0.2) is 15.3 Å². The van der Waals surface area contributed by atoms with Crippen molar-refractivity contribution in [1.82, 2.24) is 14.9 Å². The summed E-state index contributed by atoms with van der Waals surface area (Å²) in [6.45, 7) is 1.88. The standard InChI is InChI=1S/C23H23N3O7S/c1-2-33-23(30)15-8-6-14(7-9-15)12-24-34(31,32)19-5-3-4-16-17(19)13-26(22(16)29)18-10-11-20(27)25-21(18)28/h3-9,18H,2,10-13H2,1H3,(H2-,24,25,27,28,31,32). The van der Waals surface area contributed by atoms with E-state index in [9.17, 15) is 27.9 Å². The fourth-order valence-corrected chi connectivity index (χ4v) is 5.31. The van der Waals surface area contributed by atoms with Crippen molar-refractivity contribution in [2.75, 3.05) is 6.61 Å². The van der Waals surface area contributed by atoms with Gasteiger partial charge in [-0.05, 0) is 43.2 Å². The number of esters is 1. The van der Waals surface area contributed by atoms with Crippen LogP contribution in [0.2, 0.25) is 0 Å². The van der Waals surface area contributed by atoms with E-state index in [0.29, 0.717) is 16.7 Å². The molecule has 4 rings (SSSR count). The maximum Gasteiger partial charge on any atom is 0.338 e. The number of nitrogens with one attached hydrogen (secondary N) is 2. The third-order valence-electron chi connectivity index (χ3n) is 5.76. The highest BCUT2D eigenvalue weighted by atomic mass is 32.3. The van der Waals surface area contributed by atoms with Crippen LogP contribution in [0.15, 0.2) is 47.4 Å². The van der Waals surface area contributed by atoms with E-state index in [4.69, 9.17) is 4.74 Å². The maximum atomic E-state index is 13.1. The number of ether oxygens (including phenoxy) is 1. The lowest BCUT2D eigenvalue weighted by Gasteiger charge is -2.29. The predicted octanol–water partition coefficient (Wildman–Crippen LogP) is 1.32. The summed E-state index contributed by atoms with van der Waals surface area (Å²) in [5.41, 5.74) is 1.51. The normalized spacial score (nSPS) is 19.4. The molecule has 2 heterocycles. The van der Waals surface area contributed by atoms with E-state index in [-0.39, 0.29) is 43.0 Å². The zero-order valence-electron chi connectivity index (χ0n) is 18.4. The van der Waals surface area contributed by atoms with Crippen LogP contribution in [-0.4, -0.2) is 45.8 Å². The first-order valence-electron chi connectivity index (χ1n) is 10.7. The maximum absolute atomic E-state index is 13.1. The summed E-state index contributed by atoms with van der Waals surface area (Å²) in [6, 6.07) is 9.93. The molecule has 2 aromatic rings. The van der Waals surface area contributed by atoms with Gasteiger partial charge in [-0.15, -0.1) is 4.72 Å². The van der Waals surface area contributed by atoms with Gasteiger partial charge < -0.3 is 14.2 Å². The van der Waals surface area contributed by atoms with Crippen molar-refractivity contribution in [2.24, 2.45) is 0 Å². The Labute approximate surface area is 197 Å². The molecule has 2 aromatic carbocycles. The van der Waals surface area contributed by atoms with Gasteiger partial charge in [0.1, 0.15) is 6.04 Å². The Balaban J connectivity index is 1.50. The summed E-state index contributed by atoms with van der Waals surface area (Å²) in [6.07, 6.45) is 0.296. The Morgan fingerprint density at radius 3 is 2.62 bits per heavy atom. The zero-order valence-corrected chi connectivity index (χ0v) is 19.2. The summed E-state index contributed by atoms with van der Waals surface area (Å²) >= 11 is 0. The number of rotatable bonds is 7. The SMILES string of the molecule is CCOC(=O)c1ccc(CN[S+](=O)([O-])c2cccc3c2CN(C2CCC(=O)NC2=O)C3=O)cc1. The van der Waals surface area contributed by atoms with Crippen molar-refractivity contribution in [3.05, 3.63) is 64.7 Å². The lowest BCUT2D eigenvalue weighted by molar-refractivity contribution is -0.136. The summed E-state index contributed by atoms with van der Waals surface area (Å²) in [4.78, 5) is 49.6. The largest absolute Gasteiger partial charge is 0.593 e. The van der Waals surface area contributed by atoms with Crippen molar-refractivity contribution < 1.29 is 32.7 Å². The second-order valence-electron chi connectivity index (χ2n) is 7.92. The Hall–Kier alpha value is -3.41. The van der Waals surface area contributed by atoms with Crippen LogP contribution >= 0.6 is 0 Å². The van der Waals surface area contributed by atoms with E-state index >= 15 is 0 Å². The van der Waals surface area contributed by atoms with Crippen molar-refractivity contribution in [2.45, 2.75) is 43.8 Å². The third-order valence-corrected chi connectivity index (χ3v) is 7.25. The molecule has 2 aliphatic rings. The van der Waals surface area contributed by atoms with Gasteiger partial charge in [-0.25, -0.2) is 4.79 Å². The first-order valence-corrected chi connectivity index (χ1v) is 12.2. The molecule has 10 nitrogen and oxygen atoms in total. The van der Waals surface area contributed by atoms with E-state index in [1.54, 1.807) is 31.2 Å². The van der Waals surface area contributed by atoms with E-state index in [2.05, 4.69) is 10.0 Å². The molecule has 0 radical (unpaired) electrons. The lowest BCUT2D eigenvalue weighted by Crippen LogP contribution is -2.52. The van der Waals surface area contributed by atoms with Crippen molar-refractivity contribution in [3.8, 4) is 0 Å². The molecule has 0 aliphatic carbocycles. The van der Waals surface area contributed by atoms with Gasteiger partial charge in [0.25, 0.3) is 5.91 Å². The molecular formula is C23H23N3O7S. The van der Waals surface area contributed by atoms with Crippen LogP contribution in [0.1, 0.15) is 51.6 Å². The predicted molar refractivity (Wildman–Crippen MR) is 119 cm³/mol. The molecule has 0 spiro atoms. The van der Waals surface area contributed by atoms with Crippen LogP contribution in [0.3, 0.4) is 0 Å². The molecule has 2 aliphatic heterocycles. The summed E-state index contributed by atoms with van der Waals surface area (Å²) < 4.78 is 33.6. The minimum absolute atomic E-state index is 0.0279. The highest BCUT2D eigenvalue weighted by Crippen LogP contribution is 2.33. The van der Waals surface area contributed by atoms with Crippen LogP contribution in [0.25, 0.3) is 0 Å². The molecule has 0 saturated carbocycles. The van der Waals surface area contributed by atoms with E-state index in [1.807, 2.05) is 0 Å². The molecule has 11 heteroatoms. The van der Waals surface area contributed by atoms with Gasteiger partial charge in [0.2, 0.25) is 11.8 Å². The Morgan fingerprint density at radius 1 is 1.21 bits per heavy atom. The number of sulfonamides is 1. The summed E-state index contributed by atoms with van der Waals surface area (Å²) in [5.74, 6) is -1.87. The molecule has 0 aromatic heterocycles. The quantitative estimate of drug-likeness (QED) is 0.342. The molecule has 1 fully saturated rings. The Bertz CT molecular complexity index is 1210. The Kier molecular flexibility index (Phi) is 6.60. The average Bonchev–Trinajstić information content (AvgIpc) is 3.14. The molecule has 34 heavy (non-hydrogen) atoms. The second kappa shape index (κ2) is 9.45. The fraction of sp³-hybridized carbons (Fsp3) is 0.304. The van der Waals surface area contributed by atoms with Crippen LogP contribution in [0.5, 0.6) is 0 Å². The first-order chi connectivity index (χ1) is 16.2. The summed E-state index contributed by atoms with van der Waals surface area (Å²) in [5, 5.41) is 2.22. The number of nitrogens with zero attached hydrogens (tertiary/aromatic N) is 1. The van der Waals surface area contributed by atoms with Gasteiger partial charge in [-0.2, -0.15) is 0 Å². The number of imide groups is 1. The van der Waals surface area contributed by atoms with E-state index < -0.39 is 40.1 Å². The third kappa shape index (κ3) is 4.63. The number of amides is 3. The molecule has 178 valence electrons. The highest BCUT2D eigenvalue weighted by molar-refractivity contribution is 7.95. The van der Waals surface area contributed by atoms with Gasteiger partial charge in [0, 0.05) is 17.5 Å². The topological polar surface area (TPSA) is 145 Å². The lowest BCUT2D eigenvalue weighted by atomic mass is 10.0. The second-order valence-corrected chi connectivity index (χ2v) is 9.66. The summed E-state index contributed by atoms with van der Waals surface area (Å²) in [7, 11) is -3.99. The number of carbonyl (C=O) groups is 4. The van der Waals surface area contributed by atoms with Crippen LogP contribution in [-0.2, 0) is 42.0 Å². The van der Waals surface area contributed by atoms with Crippen LogP contribution < -0.4 is 10.0 Å². The van der Waals surface area contributed by atoms with Gasteiger partial charge in [0.05, 0.1) is 25.3 Å². The van der Waals surface area contributed by atoms with Gasteiger partial charge in [-0.1, -0.05) is 22.4 Å². The monoisotopic (exact) mass is 485 g/mol. The minimum atomic E-state index is -3.99. The molecule has 2 atom stereocenters. The number of hydrogen-bond donors (Lipinski definition) is 2. The molecule has 0 bridgehead atoms. The zero-order chi connectivity index (χ0) is 24.5. The van der Waals surface area contributed by atoms with Crippen LogP contribution in [0.4, 0.5) is 0 Å². The van der Waals surface area contributed by atoms with Crippen molar-refractivity contribution in [1.29, 1.82) is 0 Å². The van der Waals surface area contributed by atoms with Crippen molar-refractivity contribution in [3.63, 3.8) is 0 Å². The number of benzene rings is 2. The Morgan fingerprint density at radius 2 is 1.94 bits per heavy atom. The van der Waals surface area contributed by atoms with E-state index in [0.717, 1.165) is 0 Å². The fourth-order valence-electron chi connectivity index (χ4n) is 4.04. The number of carbonyl (C=O) groups excluding carboxylic acids is 4. The molecule has 2 unspecified atom stereocenters. The van der Waals surface area contributed by atoms with Crippen molar-refractivity contribution >= 4 is 34.1 Å².